The molecule has 2 rings (SSSR count). The summed E-state index contributed by atoms with van der Waals surface area (Å²) in [5, 5.41) is 6.83. The average molecular weight is 504 g/mol. The van der Waals surface area contributed by atoms with Gasteiger partial charge in [0.15, 0.2) is 17.5 Å². The van der Waals surface area contributed by atoms with Crippen LogP contribution in [0.1, 0.15) is 33.6 Å². The summed E-state index contributed by atoms with van der Waals surface area (Å²) in [5.74, 6) is 3.00. The Morgan fingerprint density at radius 1 is 1.21 bits per heavy atom. The number of likely N-dealkylation sites (tertiary alicyclic amines) is 1. The third-order valence-corrected chi connectivity index (χ3v) is 5.02. The molecule has 1 aromatic carbocycles. The van der Waals surface area contributed by atoms with E-state index >= 15 is 0 Å². The number of piperidine rings is 1. The minimum absolute atomic E-state index is 0. The van der Waals surface area contributed by atoms with Gasteiger partial charge in [-0.05, 0) is 58.2 Å². The molecule has 0 aromatic heterocycles. The number of nitrogens with zero attached hydrogens (tertiary/aromatic N) is 2. The van der Waals surface area contributed by atoms with Gasteiger partial charge < -0.3 is 25.0 Å². The molecular weight excluding hydrogens is 467 g/mol. The first-order chi connectivity index (χ1) is 13.0. The molecule has 2 unspecified atom stereocenters. The van der Waals surface area contributed by atoms with Gasteiger partial charge in [-0.1, -0.05) is 12.1 Å². The van der Waals surface area contributed by atoms with Crippen molar-refractivity contribution in [1.82, 2.24) is 15.5 Å². The lowest BCUT2D eigenvalue weighted by Crippen LogP contribution is -2.47. The van der Waals surface area contributed by atoms with Gasteiger partial charge in [-0.15, -0.1) is 24.0 Å². The molecule has 1 aliphatic rings. The van der Waals surface area contributed by atoms with Gasteiger partial charge >= 0.3 is 0 Å². The van der Waals surface area contributed by atoms with Crippen molar-refractivity contribution < 1.29 is 9.47 Å². The molecule has 0 amide bonds. The molecule has 0 saturated carbocycles. The summed E-state index contributed by atoms with van der Waals surface area (Å²) in [4.78, 5) is 6.90. The van der Waals surface area contributed by atoms with E-state index in [1.54, 1.807) is 7.11 Å². The summed E-state index contributed by atoms with van der Waals surface area (Å²) in [6.07, 6.45) is 2.55. The van der Waals surface area contributed by atoms with Crippen molar-refractivity contribution in [1.29, 1.82) is 0 Å². The van der Waals surface area contributed by atoms with Gasteiger partial charge in [0.25, 0.3) is 0 Å². The molecule has 1 heterocycles. The van der Waals surface area contributed by atoms with E-state index in [4.69, 9.17) is 9.47 Å². The molecule has 2 atom stereocenters. The van der Waals surface area contributed by atoms with E-state index in [0.29, 0.717) is 18.5 Å². The minimum atomic E-state index is -0.00837. The Labute approximate surface area is 187 Å². The van der Waals surface area contributed by atoms with Gasteiger partial charge in [0.2, 0.25) is 0 Å². The Bertz CT molecular complexity index is 598. The van der Waals surface area contributed by atoms with Gasteiger partial charge in [-0.25, -0.2) is 0 Å². The first-order valence-corrected chi connectivity index (χ1v) is 10.0. The zero-order valence-electron chi connectivity index (χ0n) is 17.9. The van der Waals surface area contributed by atoms with Crippen LogP contribution in [0.15, 0.2) is 29.3 Å². The van der Waals surface area contributed by atoms with Crippen LogP contribution < -0.4 is 20.1 Å². The number of ether oxygens (including phenoxy) is 2. The predicted octanol–water partition coefficient (Wildman–Crippen LogP) is 3.37. The highest BCUT2D eigenvalue weighted by Crippen LogP contribution is 2.26. The standard InChI is InChI=1S/C21H36N4O2.HI/c1-16(2)25-12-8-9-18(15-25)14-24-21(22-4)23-13-17(3)27-20-11-7-6-10-19(20)26-5;/h6-7,10-11,16-18H,8-9,12-15H2,1-5H3,(H2,22,23,24);1H. The molecule has 28 heavy (non-hydrogen) atoms. The summed E-state index contributed by atoms with van der Waals surface area (Å²) in [7, 11) is 3.46. The molecular formula is C21H37IN4O2. The van der Waals surface area contributed by atoms with Gasteiger partial charge in [0.1, 0.15) is 6.10 Å². The largest absolute Gasteiger partial charge is 0.493 e. The maximum absolute atomic E-state index is 5.99. The van der Waals surface area contributed by atoms with E-state index in [0.717, 1.165) is 30.5 Å². The maximum Gasteiger partial charge on any atom is 0.191 e. The molecule has 6 nitrogen and oxygen atoms in total. The van der Waals surface area contributed by atoms with Crippen molar-refractivity contribution >= 4 is 29.9 Å². The number of guanidine groups is 1. The number of rotatable bonds is 8. The van der Waals surface area contributed by atoms with Crippen LogP contribution in [0.3, 0.4) is 0 Å². The van der Waals surface area contributed by atoms with Crippen LogP contribution in [0.25, 0.3) is 0 Å². The van der Waals surface area contributed by atoms with Gasteiger partial charge in [-0.3, -0.25) is 4.99 Å². The van der Waals surface area contributed by atoms with Crippen LogP contribution in [0.2, 0.25) is 0 Å². The Hall–Kier alpha value is -1.22. The third kappa shape index (κ3) is 8.03. The molecule has 0 spiro atoms. The summed E-state index contributed by atoms with van der Waals surface area (Å²) < 4.78 is 11.3. The lowest BCUT2D eigenvalue weighted by atomic mass is 9.97. The smallest absolute Gasteiger partial charge is 0.191 e. The molecule has 1 aromatic rings. The van der Waals surface area contributed by atoms with Crippen LogP contribution in [0.5, 0.6) is 11.5 Å². The molecule has 0 aliphatic carbocycles. The summed E-state index contributed by atoms with van der Waals surface area (Å²) in [6, 6.07) is 8.33. The van der Waals surface area contributed by atoms with Crippen molar-refractivity contribution in [3.05, 3.63) is 24.3 Å². The van der Waals surface area contributed by atoms with Crippen LogP contribution in [-0.4, -0.2) is 63.3 Å². The fourth-order valence-corrected chi connectivity index (χ4v) is 3.41. The highest BCUT2D eigenvalue weighted by Gasteiger charge is 2.21. The lowest BCUT2D eigenvalue weighted by Gasteiger charge is -2.35. The lowest BCUT2D eigenvalue weighted by molar-refractivity contribution is 0.141. The van der Waals surface area contributed by atoms with E-state index in [1.165, 1.54) is 19.4 Å². The highest BCUT2D eigenvalue weighted by molar-refractivity contribution is 14.0. The number of halogens is 1. The normalized spacial score (nSPS) is 18.9. The first-order valence-electron chi connectivity index (χ1n) is 10.0. The third-order valence-electron chi connectivity index (χ3n) is 5.02. The second-order valence-electron chi connectivity index (χ2n) is 7.51. The number of benzene rings is 1. The average Bonchev–Trinajstić information content (AvgIpc) is 2.68. The zero-order valence-corrected chi connectivity index (χ0v) is 20.2. The van der Waals surface area contributed by atoms with Crippen molar-refractivity contribution in [3.8, 4) is 11.5 Å². The number of methoxy groups -OCH3 is 1. The van der Waals surface area contributed by atoms with Crippen molar-refractivity contribution in [2.45, 2.75) is 45.8 Å². The van der Waals surface area contributed by atoms with Gasteiger partial charge in [-0.2, -0.15) is 0 Å². The maximum atomic E-state index is 5.99. The zero-order chi connectivity index (χ0) is 19.6. The Morgan fingerprint density at radius 3 is 2.57 bits per heavy atom. The van der Waals surface area contributed by atoms with Crippen molar-refractivity contribution in [2.75, 3.05) is 40.3 Å². The Kier molecular flexibility index (Phi) is 11.6. The summed E-state index contributed by atoms with van der Waals surface area (Å²) in [6.45, 7) is 10.6. The van der Waals surface area contributed by atoms with Gasteiger partial charge in [0.05, 0.1) is 13.7 Å². The van der Waals surface area contributed by atoms with Crippen molar-refractivity contribution in [2.24, 2.45) is 10.9 Å². The Morgan fingerprint density at radius 2 is 1.93 bits per heavy atom. The molecule has 1 saturated heterocycles. The van der Waals surface area contributed by atoms with Crippen LogP contribution >= 0.6 is 24.0 Å². The van der Waals surface area contributed by atoms with Crippen molar-refractivity contribution in [3.63, 3.8) is 0 Å². The fraction of sp³-hybridized carbons (Fsp3) is 0.667. The van der Waals surface area contributed by atoms with Gasteiger partial charge in [0, 0.05) is 26.2 Å². The van der Waals surface area contributed by atoms with E-state index in [1.807, 2.05) is 38.2 Å². The molecule has 1 fully saturated rings. The van der Waals surface area contributed by atoms with Crippen LogP contribution in [0.4, 0.5) is 0 Å². The number of hydrogen-bond acceptors (Lipinski definition) is 4. The summed E-state index contributed by atoms with van der Waals surface area (Å²) in [5.41, 5.74) is 0. The van der Waals surface area contributed by atoms with E-state index in [-0.39, 0.29) is 30.1 Å². The fourth-order valence-electron chi connectivity index (χ4n) is 3.41. The second-order valence-corrected chi connectivity index (χ2v) is 7.51. The molecule has 2 N–H and O–H groups in total. The molecule has 0 bridgehead atoms. The number of hydrogen-bond donors (Lipinski definition) is 2. The van der Waals surface area contributed by atoms with E-state index in [9.17, 15) is 0 Å². The number of nitrogens with one attached hydrogen (secondary N) is 2. The SMILES string of the molecule is CN=C(NCC1CCCN(C(C)C)C1)NCC(C)Oc1ccccc1OC.I. The quantitative estimate of drug-likeness (QED) is 0.323. The minimum Gasteiger partial charge on any atom is -0.493 e. The van der Waals surface area contributed by atoms with Crippen LogP contribution in [0, 0.1) is 5.92 Å². The number of para-hydroxylation sites is 2. The number of aliphatic imine (C=N–C) groups is 1. The highest BCUT2D eigenvalue weighted by atomic mass is 127. The molecule has 160 valence electrons. The predicted molar refractivity (Wildman–Crippen MR) is 127 cm³/mol. The summed E-state index contributed by atoms with van der Waals surface area (Å²) >= 11 is 0. The van der Waals surface area contributed by atoms with E-state index < -0.39 is 0 Å². The Balaban J connectivity index is 0.00000392. The topological polar surface area (TPSA) is 58.1 Å². The molecule has 1 aliphatic heterocycles. The monoisotopic (exact) mass is 504 g/mol. The second kappa shape index (κ2) is 13.1. The molecule has 0 radical (unpaired) electrons. The molecule has 7 heteroatoms. The van der Waals surface area contributed by atoms with Crippen LogP contribution in [-0.2, 0) is 0 Å². The first kappa shape index (κ1) is 24.8. The van der Waals surface area contributed by atoms with E-state index in [2.05, 4.69) is 34.4 Å².